The lowest BCUT2D eigenvalue weighted by Crippen LogP contribution is -2.15. The zero-order valence-corrected chi connectivity index (χ0v) is 25.7. The number of esters is 1. The van der Waals surface area contributed by atoms with Crippen LogP contribution in [-0.4, -0.2) is 59.8 Å². The Labute approximate surface area is 251 Å². The molecular formula is C34H37NO8. The number of carbonyl (C=O) groups is 1. The van der Waals surface area contributed by atoms with Crippen molar-refractivity contribution >= 4 is 5.97 Å². The van der Waals surface area contributed by atoms with Crippen LogP contribution in [0.2, 0.25) is 0 Å². The molecule has 0 spiro atoms. The Morgan fingerprint density at radius 3 is 1.95 bits per heavy atom. The minimum atomic E-state index is -0.418. The number of hydrogen-bond donors (Lipinski definition) is 0. The molecule has 0 saturated heterocycles. The molecule has 0 atom stereocenters. The molecule has 4 aromatic rings. The number of fused-ring (bicyclic) bond motifs is 3. The van der Waals surface area contributed by atoms with Crippen molar-refractivity contribution in [3.8, 4) is 56.9 Å². The zero-order chi connectivity index (χ0) is 30.7. The molecule has 9 nitrogen and oxygen atoms in total. The third-order valence-electron chi connectivity index (χ3n) is 7.80. The van der Waals surface area contributed by atoms with Crippen LogP contribution in [0.5, 0.6) is 34.5 Å². The molecule has 9 heteroatoms. The van der Waals surface area contributed by atoms with Gasteiger partial charge in [-0.1, -0.05) is 12.1 Å². The highest BCUT2D eigenvalue weighted by atomic mass is 16.5. The average molecular weight is 588 g/mol. The number of carbonyl (C=O) groups excluding carboxylic acids is 1. The van der Waals surface area contributed by atoms with Gasteiger partial charge in [-0.3, -0.25) is 0 Å². The van der Waals surface area contributed by atoms with Crippen molar-refractivity contribution in [2.75, 3.05) is 49.3 Å². The van der Waals surface area contributed by atoms with E-state index in [2.05, 4.69) is 4.57 Å². The van der Waals surface area contributed by atoms with E-state index >= 15 is 0 Å². The topological polar surface area (TPSA) is 86.6 Å². The van der Waals surface area contributed by atoms with Crippen LogP contribution in [0.3, 0.4) is 0 Å². The molecule has 0 aliphatic carbocycles. The molecular weight excluding hydrogens is 550 g/mol. The minimum absolute atomic E-state index is 0.227. The smallest absolute Gasteiger partial charge is 0.340 e. The number of rotatable bonds is 11. The number of ether oxygens (including phenoxy) is 7. The Kier molecular flexibility index (Phi) is 8.71. The van der Waals surface area contributed by atoms with Gasteiger partial charge in [-0.25, -0.2) is 4.79 Å². The number of hydrogen-bond acceptors (Lipinski definition) is 8. The quantitative estimate of drug-likeness (QED) is 0.192. The summed E-state index contributed by atoms with van der Waals surface area (Å²) in [6.45, 7) is 2.69. The lowest BCUT2D eigenvalue weighted by molar-refractivity contribution is 0.0528. The molecule has 226 valence electrons. The van der Waals surface area contributed by atoms with Crippen LogP contribution >= 0.6 is 0 Å². The molecule has 43 heavy (non-hydrogen) atoms. The Hall–Kier alpha value is -4.79. The maximum absolute atomic E-state index is 14.0. The second-order valence-corrected chi connectivity index (χ2v) is 9.97. The molecule has 0 fully saturated rings. The normalized spacial score (nSPS) is 11.7. The number of benzene rings is 3. The van der Waals surface area contributed by atoms with Gasteiger partial charge in [-0.2, -0.15) is 0 Å². The lowest BCUT2D eigenvalue weighted by atomic mass is 9.92. The summed E-state index contributed by atoms with van der Waals surface area (Å²) in [7, 11) is 9.59. The molecule has 0 bridgehead atoms. The Bertz CT molecular complexity index is 1610. The summed E-state index contributed by atoms with van der Waals surface area (Å²) >= 11 is 0. The number of methoxy groups -OCH3 is 6. The standard InChI is InChI=1S/C34H37NO8/c1-8-43-34(36)31-30(22-17-28(40-5)33(42-7)29(18-22)41-6)25(15-20-9-11-23(37-2)12-10-20)35-14-13-21-16-26(38-3)27(39-4)19-24(21)32(31)35/h9-12,16-19H,8,13-15H2,1-7H3. The van der Waals surface area contributed by atoms with Gasteiger partial charge < -0.3 is 37.7 Å². The molecule has 1 aliphatic heterocycles. The van der Waals surface area contributed by atoms with E-state index in [1.54, 1.807) is 49.6 Å². The van der Waals surface area contributed by atoms with Gasteiger partial charge in [0.15, 0.2) is 23.0 Å². The first-order chi connectivity index (χ1) is 20.9. The van der Waals surface area contributed by atoms with Gasteiger partial charge in [0.05, 0.1) is 60.5 Å². The summed E-state index contributed by atoms with van der Waals surface area (Å²) in [5.74, 6) is 3.01. The van der Waals surface area contributed by atoms with Crippen molar-refractivity contribution in [1.82, 2.24) is 4.57 Å². The van der Waals surface area contributed by atoms with Gasteiger partial charge >= 0.3 is 5.97 Å². The Morgan fingerprint density at radius 1 is 0.767 bits per heavy atom. The highest BCUT2D eigenvalue weighted by Gasteiger charge is 2.34. The molecule has 2 heterocycles. The van der Waals surface area contributed by atoms with Crippen molar-refractivity contribution in [3.63, 3.8) is 0 Å². The fourth-order valence-corrected chi connectivity index (χ4v) is 5.83. The van der Waals surface area contributed by atoms with E-state index in [1.807, 2.05) is 48.5 Å². The first-order valence-electron chi connectivity index (χ1n) is 14.0. The predicted molar refractivity (Wildman–Crippen MR) is 164 cm³/mol. The third-order valence-corrected chi connectivity index (χ3v) is 7.80. The first kappa shape index (κ1) is 29.7. The number of aromatic nitrogens is 1. The maximum Gasteiger partial charge on any atom is 0.340 e. The van der Waals surface area contributed by atoms with Gasteiger partial charge in [-0.15, -0.1) is 0 Å². The van der Waals surface area contributed by atoms with Crippen molar-refractivity contribution in [3.05, 3.63) is 70.9 Å². The van der Waals surface area contributed by atoms with Gasteiger partial charge in [0.25, 0.3) is 0 Å². The summed E-state index contributed by atoms with van der Waals surface area (Å²) < 4.78 is 41.6. The van der Waals surface area contributed by atoms with E-state index in [9.17, 15) is 4.79 Å². The molecule has 0 amide bonds. The number of aryl methyl sites for hydroxylation is 1. The second kappa shape index (κ2) is 12.6. The van der Waals surface area contributed by atoms with Gasteiger partial charge in [0.2, 0.25) is 5.75 Å². The summed E-state index contributed by atoms with van der Waals surface area (Å²) in [6.07, 6.45) is 1.29. The van der Waals surface area contributed by atoms with Crippen LogP contribution in [0.25, 0.3) is 22.4 Å². The van der Waals surface area contributed by atoms with E-state index in [0.717, 1.165) is 51.4 Å². The van der Waals surface area contributed by atoms with Crippen LogP contribution in [0.1, 0.15) is 34.1 Å². The van der Waals surface area contributed by atoms with Crippen molar-refractivity contribution in [2.24, 2.45) is 0 Å². The number of nitrogens with zero attached hydrogens (tertiary/aromatic N) is 1. The summed E-state index contributed by atoms with van der Waals surface area (Å²) in [5, 5.41) is 0. The molecule has 5 rings (SSSR count). The second-order valence-electron chi connectivity index (χ2n) is 9.97. The maximum atomic E-state index is 14.0. The van der Waals surface area contributed by atoms with Crippen LogP contribution in [0.15, 0.2) is 48.5 Å². The van der Waals surface area contributed by atoms with Crippen LogP contribution in [0.4, 0.5) is 0 Å². The monoisotopic (exact) mass is 587 g/mol. The Balaban J connectivity index is 1.87. The molecule has 0 N–H and O–H groups in total. The SMILES string of the molecule is CCOC(=O)c1c(-c2cc(OC)c(OC)c(OC)c2)c(Cc2ccc(OC)cc2)n2c1-c1cc(OC)c(OC)cc1CC2. The predicted octanol–water partition coefficient (Wildman–Crippen LogP) is 6.20. The Morgan fingerprint density at radius 2 is 1.40 bits per heavy atom. The van der Waals surface area contributed by atoms with Crippen LogP contribution in [0, 0.1) is 0 Å². The zero-order valence-electron chi connectivity index (χ0n) is 25.7. The van der Waals surface area contributed by atoms with Gasteiger partial charge in [0, 0.05) is 29.8 Å². The largest absolute Gasteiger partial charge is 0.497 e. The molecule has 3 aromatic carbocycles. The fraction of sp³-hybridized carbons (Fsp3) is 0.324. The molecule has 0 radical (unpaired) electrons. The lowest BCUT2D eigenvalue weighted by Gasteiger charge is -2.24. The molecule has 0 saturated carbocycles. The molecule has 0 unspecified atom stereocenters. The summed E-state index contributed by atoms with van der Waals surface area (Å²) in [4.78, 5) is 14.0. The molecule has 1 aromatic heterocycles. The molecule has 1 aliphatic rings. The van der Waals surface area contributed by atoms with E-state index in [4.69, 9.17) is 33.2 Å². The van der Waals surface area contributed by atoms with E-state index < -0.39 is 5.97 Å². The van der Waals surface area contributed by atoms with E-state index in [0.29, 0.717) is 47.3 Å². The minimum Gasteiger partial charge on any atom is -0.497 e. The summed E-state index contributed by atoms with van der Waals surface area (Å²) in [5.41, 5.74) is 6.68. The highest BCUT2D eigenvalue weighted by molar-refractivity contribution is 6.06. The van der Waals surface area contributed by atoms with Gasteiger partial charge in [-0.05, 0) is 66.4 Å². The van der Waals surface area contributed by atoms with Gasteiger partial charge in [0.1, 0.15) is 5.75 Å². The van der Waals surface area contributed by atoms with E-state index in [-0.39, 0.29) is 6.61 Å². The van der Waals surface area contributed by atoms with Crippen LogP contribution in [-0.2, 0) is 24.1 Å². The fourth-order valence-electron chi connectivity index (χ4n) is 5.83. The summed E-state index contributed by atoms with van der Waals surface area (Å²) in [6, 6.07) is 15.6. The van der Waals surface area contributed by atoms with Crippen molar-refractivity contribution < 1.29 is 38.0 Å². The first-order valence-corrected chi connectivity index (χ1v) is 14.0. The van der Waals surface area contributed by atoms with Crippen LogP contribution < -0.4 is 28.4 Å². The third kappa shape index (κ3) is 5.31. The van der Waals surface area contributed by atoms with Crippen molar-refractivity contribution in [2.45, 2.75) is 26.3 Å². The highest BCUT2D eigenvalue weighted by Crippen LogP contribution is 2.49. The van der Waals surface area contributed by atoms with E-state index in [1.165, 1.54) is 0 Å². The van der Waals surface area contributed by atoms with Crippen molar-refractivity contribution in [1.29, 1.82) is 0 Å². The average Bonchev–Trinajstić information content (AvgIpc) is 3.37.